The Bertz CT molecular complexity index is 1150. The van der Waals surface area contributed by atoms with E-state index in [0.29, 0.717) is 32.3 Å². The molecule has 2 N–H and O–H groups in total. The number of thioether (sulfide) groups is 1. The average Bonchev–Trinajstić information content (AvgIpc) is 2.68. The van der Waals surface area contributed by atoms with Crippen molar-refractivity contribution in [1.82, 2.24) is 9.97 Å². The largest absolute Gasteiger partial charge is 0.310 e. The van der Waals surface area contributed by atoms with Crippen LogP contribution in [0.5, 0.6) is 0 Å². The van der Waals surface area contributed by atoms with Gasteiger partial charge in [0.25, 0.3) is 5.56 Å². The fourth-order valence-electron chi connectivity index (χ4n) is 3.27. The van der Waals surface area contributed by atoms with Gasteiger partial charge < -0.3 is 10.3 Å². The standard InChI is InChI=1S/C21H17Cl2N3O2S/c1-11-2-4-12(5-3-11)10-29-21-25-19-18(20(28)26-21)14(9-17(27)24-19)13-6-7-15(22)16(23)8-13/h2-8,14H,9-10H2,1H3,(H2,24,25,26,27,28). The van der Waals surface area contributed by atoms with Crippen LogP contribution in [0.15, 0.2) is 52.4 Å². The second-order valence-electron chi connectivity index (χ2n) is 6.89. The van der Waals surface area contributed by atoms with E-state index in [9.17, 15) is 9.59 Å². The second kappa shape index (κ2) is 8.22. The van der Waals surface area contributed by atoms with Crippen LogP contribution in [0.2, 0.25) is 10.0 Å². The molecule has 5 nitrogen and oxygen atoms in total. The monoisotopic (exact) mass is 445 g/mol. The highest BCUT2D eigenvalue weighted by Crippen LogP contribution is 2.36. The Morgan fingerprint density at radius 2 is 1.86 bits per heavy atom. The van der Waals surface area contributed by atoms with E-state index in [1.165, 1.54) is 17.3 Å². The van der Waals surface area contributed by atoms with Gasteiger partial charge in [0, 0.05) is 18.1 Å². The van der Waals surface area contributed by atoms with Gasteiger partial charge in [0.2, 0.25) is 5.91 Å². The summed E-state index contributed by atoms with van der Waals surface area (Å²) in [5, 5.41) is 4.00. The molecule has 0 radical (unpaired) electrons. The molecule has 2 heterocycles. The molecule has 1 aliphatic heterocycles. The quantitative estimate of drug-likeness (QED) is 0.429. The van der Waals surface area contributed by atoms with Crippen LogP contribution in [0.3, 0.4) is 0 Å². The normalized spacial score (nSPS) is 15.7. The van der Waals surface area contributed by atoms with Gasteiger partial charge in [-0.15, -0.1) is 0 Å². The van der Waals surface area contributed by atoms with E-state index < -0.39 is 5.92 Å². The molecule has 1 aliphatic rings. The van der Waals surface area contributed by atoms with Crippen molar-refractivity contribution in [1.29, 1.82) is 0 Å². The molecule has 0 spiro atoms. The molecule has 148 valence electrons. The van der Waals surface area contributed by atoms with Crippen LogP contribution in [0.25, 0.3) is 0 Å². The van der Waals surface area contributed by atoms with Crippen LogP contribution in [0.1, 0.15) is 34.6 Å². The molecule has 4 rings (SSSR count). The average molecular weight is 446 g/mol. The van der Waals surface area contributed by atoms with Crippen molar-refractivity contribution in [2.24, 2.45) is 0 Å². The lowest BCUT2D eigenvalue weighted by Crippen LogP contribution is -2.31. The summed E-state index contributed by atoms with van der Waals surface area (Å²) in [6.07, 6.45) is 0.144. The Hall–Kier alpha value is -2.28. The van der Waals surface area contributed by atoms with Gasteiger partial charge in [0.1, 0.15) is 5.82 Å². The molecule has 0 saturated carbocycles. The van der Waals surface area contributed by atoms with Gasteiger partial charge in [-0.2, -0.15) is 0 Å². The van der Waals surface area contributed by atoms with Crippen molar-refractivity contribution in [2.45, 2.75) is 30.2 Å². The number of hydrogen-bond acceptors (Lipinski definition) is 4. The van der Waals surface area contributed by atoms with E-state index in [4.69, 9.17) is 23.2 Å². The smallest absolute Gasteiger partial charge is 0.257 e. The van der Waals surface area contributed by atoms with E-state index in [2.05, 4.69) is 15.3 Å². The number of aromatic nitrogens is 2. The molecular weight excluding hydrogens is 429 g/mol. The molecule has 1 aromatic heterocycles. The lowest BCUT2D eigenvalue weighted by Gasteiger charge is -2.24. The number of hydrogen-bond donors (Lipinski definition) is 2. The second-order valence-corrected chi connectivity index (χ2v) is 8.66. The third-order valence-corrected chi connectivity index (χ3v) is 6.46. The molecule has 0 bridgehead atoms. The number of anilines is 1. The van der Waals surface area contributed by atoms with Crippen LogP contribution in [0.4, 0.5) is 5.82 Å². The number of benzene rings is 2. The number of nitrogens with one attached hydrogen (secondary N) is 2. The lowest BCUT2D eigenvalue weighted by molar-refractivity contribution is -0.116. The zero-order valence-electron chi connectivity index (χ0n) is 15.5. The number of H-pyrrole nitrogens is 1. The van der Waals surface area contributed by atoms with Gasteiger partial charge >= 0.3 is 0 Å². The Balaban J connectivity index is 1.65. The van der Waals surface area contributed by atoms with Gasteiger partial charge in [-0.05, 0) is 30.2 Å². The Morgan fingerprint density at radius 1 is 1.10 bits per heavy atom. The van der Waals surface area contributed by atoms with E-state index in [1.807, 2.05) is 31.2 Å². The highest BCUT2D eigenvalue weighted by atomic mass is 35.5. The maximum atomic E-state index is 12.9. The molecule has 1 atom stereocenters. The number of fused-ring (bicyclic) bond motifs is 1. The predicted octanol–water partition coefficient (Wildman–Crippen LogP) is 5.15. The minimum atomic E-state index is -0.430. The number of halogens is 2. The molecule has 1 unspecified atom stereocenters. The van der Waals surface area contributed by atoms with Crippen molar-refractivity contribution in [2.75, 3.05) is 5.32 Å². The first kappa shape index (κ1) is 20.0. The van der Waals surface area contributed by atoms with Gasteiger partial charge in [-0.1, -0.05) is 70.9 Å². The molecule has 0 saturated heterocycles. The zero-order chi connectivity index (χ0) is 20.5. The predicted molar refractivity (Wildman–Crippen MR) is 117 cm³/mol. The van der Waals surface area contributed by atoms with E-state index in [1.54, 1.807) is 18.2 Å². The molecule has 3 aromatic rings. The molecule has 29 heavy (non-hydrogen) atoms. The number of nitrogens with zero attached hydrogens (tertiary/aromatic N) is 1. The summed E-state index contributed by atoms with van der Waals surface area (Å²) < 4.78 is 0. The van der Waals surface area contributed by atoms with Gasteiger partial charge in [0.05, 0.1) is 15.6 Å². The van der Waals surface area contributed by atoms with Crippen LogP contribution >= 0.6 is 35.0 Å². The van der Waals surface area contributed by atoms with Gasteiger partial charge in [0.15, 0.2) is 5.16 Å². The molecule has 0 fully saturated rings. The number of aryl methyl sites for hydroxylation is 1. The summed E-state index contributed by atoms with van der Waals surface area (Å²) >= 11 is 13.5. The van der Waals surface area contributed by atoms with Crippen LogP contribution in [0, 0.1) is 6.92 Å². The summed E-state index contributed by atoms with van der Waals surface area (Å²) in [7, 11) is 0. The first-order valence-corrected chi connectivity index (χ1v) is 10.7. The summed E-state index contributed by atoms with van der Waals surface area (Å²) in [4.78, 5) is 32.5. The van der Waals surface area contributed by atoms with Crippen LogP contribution < -0.4 is 10.9 Å². The highest BCUT2D eigenvalue weighted by Gasteiger charge is 2.31. The minimum absolute atomic E-state index is 0.144. The Kier molecular flexibility index (Phi) is 5.67. The van der Waals surface area contributed by atoms with Crippen molar-refractivity contribution in [3.8, 4) is 0 Å². The Labute approximate surface area is 181 Å². The van der Waals surface area contributed by atoms with Gasteiger partial charge in [-0.3, -0.25) is 9.59 Å². The minimum Gasteiger partial charge on any atom is -0.310 e. The zero-order valence-corrected chi connectivity index (χ0v) is 17.8. The van der Waals surface area contributed by atoms with Crippen molar-refractivity contribution in [3.05, 3.63) is 85.1 Å². The Morgan fingerprint density at radius 3 is 2.59 bits per heavy atom. The van der Waals surface area contributed by atoms with Crippen molar-refractivity contribution in [3.63, 3.8) is 0 Å². The fourth-order valence-corrected chi connectivity index (χ4v) is 4.39. The van der Waals surface area contributed by atoms with Gasteiger partial charge in [-0.25, -0.2) is 4.98 Å². The summed E-state index contributed by atoms with van der Waals surface area (Å²) in [5.74, 6) is 0.334. The third kappa shape index (κ3) is 4.34. The molecular formula is C21H17Cl2N3O2S. The van der Waals surface area contributed by atoms with E-state index >= 15 is 0 Å². The molecule has 2 aromatic carbocycles. The number of carbonyl (C=O) groups is 1. The van der Waals surface area contributed by atoms with Crippen LogP contribution in [-0.4, -0.2) is 15.9 Å². The van der Waals surface area contributed by atoms with E-state index in [0.717, 1.165) is 11.1 Å². The van der Waals surface area contributed by atoms with E-state index in [-0.39, 0.29) is 17.9 Å². The highest BCUT2D eigenvalue weighted by molar-refractivity contribution is 7.98. The maximum absolute atomic E-state index is 12.9. The summed E-state index contributed by atoms with van der Waals surface area (Å²) in [6, 6.07) is 13.3. The number of aromatic amines is 1. The summed E-state index contributed by atoms with van der Waals surface area (Å²) in [5.41, 5.74) is 3.23. The van der Waals surface area contributed by atoms with Crippen molar-refractivity contribution < 1.29 is 4.79 Å². The third-order valence-electron chi connectivity index (χ3n) is 4.77. The SMILES string of the molecule is Cc1ccc(CSc2nc3c(c(=O)[nH]2)C(c2ccc(Cl)c(Cl)c2)CC(=O)N3)cc1. The topological polar surface area (TPSA) is 74.8 Å². The molecule has 0 aliphatic carbocycles. The number of carbonyl (C=O) groups excluding carboxylic acids is 1. The molecule has 1 amide bonds. The molecule has 8 heteroatoms. The first-order chi connectivity index (χ1) is 13.9. The lowest BCUT2D eigenvalue weighted by atomic mass is 9.87. The first-order valence-electron chi connectivity index (χ1n) is 8.98. The van der Waals surface area contributed by atoms with Crippen molar-refractivity contribution >= 4 is 46.7 Å². The van der Waals surface area contributed by atoms with Crippen LogP contribution in [-0.2, 0) is 10.5 Å². The number of amides is 1. The summed E-state index contributed by atoms with van der Waals surface area (Å²) in [6.45, 7) is 2.03. The fraction of sp³-hybridized carbons (Fsp3) is 0.190. The maximum Gasteiger partial charge on any atom is 0.257 e. The number of rotatable bonds is 4.